The van der Waals surface area contributed by atoms with Crippen molar-refractivity contribution in [3.8, 4) is 11.4 Å². The number of hydrogen-bond donors (Lipinski definition) is 1. The summed E-state index contributed by atoms with van der Waals surface area (Å²) in [5, 5.41) is 24.5. The van der Waals surface area contributed by atoms with Gasteiger partial charge in [0.25, 0.3) is 0 Å². The molecule has 1 aromatic heterocycles. The van der Waals surface area contributed by atoms with Crippen molar-refractivity contribution in [3.63, 3.8) is 0 Å². The highest BCUT2D eigenvalue weighted by atomic mass is 35.5. The topological polar surface area (TPSA) is 128 Å². The van der Waals surface area contributed by atoms with E-state index in [9.17, 15) is 14.7 Å². The van der Waals surface area contributed by atoms with Crippen LogP contribution < -0.4 is 0 Å². The summed E-state index contributed by atoms with van der Waals surface area (Å²) in [6, 6.07) is 9.24. The Bertz CT molecular complexity index is 2050. The van der Waals surface area contributed by atoms with Gasteiger partial charge in [0, 0.05) is 71.3 Å². The van der Waals surface area contributed by atoms with Gasteiger partial charge in [-0.1, -0.05) is 142 Å². The van der Waals surface area contributed by atoms with Gasteiger partial charge in [-0.05, 0) is 123 Å². The van der Waals surface area contributed by atoms with Crippen molar-refractivity contribution in [1.82, 2.24) is 25.1 Å². The van der Waals surface area contributed by atoms with Crippen molar-refractivity contribution < 1.29 is 33.8 Å². The second-order valence-electron chi connectivity index (χ2n) is 25.3. The van der Waals surface area contributed by atoms with E-state index in [1.165, 1.54) is 69.0 Å². The Morgan fingerprint density at radius 3 is 1.41 bits per heavy atom. The second-order valence-corrected chi connectivity index (χ2v) is 25.7. The first-order valence-corrected chi connectivity index (χ1v) is 29.3. The van der Waals surface area contributed by atoms with E-state index in [4.69, 9.17) is 30.7 Å². The Morgan fingerprint density at radius 2 is 0.986 bits per heavy atom. The average molecular weight is 1050 g/mol. The minimum Gasteiger partial charge on any atom is -0.505 e. The van der Waals surface area contributed by atoms with E-state index in [1.54, 1.807) is 12.1 Å². The quantitative estimate of drug-likeness (QED) is 0.0551. The number of aromatic hydroxyl groups is 1. The first-order chi connectivity index (χ1) is 34.8. The number of piperidine rings is 2. The zero-order valence-corrected chi connectivity index (χ0v) is 49.7. The molecule has 420 valence electrons. The van der Waals surface area contributed by atoms with Crippen molar-refractivity contribution in [1.29, 1.82) is 0 Å². The molecule has 74 heavy (non-hydrogen) atoms. The van der Waals surface area contributed by atoms with Gasteiger partial charge < -0.3 is 14.6 Å². The number of ether oxygens (including phenoxy) is 2. The molecule has 0 unspecified atom stereocenters. The summed E-state index contributed by atoms with van der Waals surface area (Å²) in [7, 11) is 0. The molecule has 13 heteroatoms. The molecule has 0 radical (unpaired) electrons. The van der Waals surface area contributed by atoms with Crippen LogP contribution in [0.15, 0.2) is 30.3 Å². The molecule has 12 nitrogen and oxygen atoms in total. The molecule has 0 saturated carbocycles. The number of hydroxylamine groups is 4. The number of esters is 2. The molecule has 2 aliphatic rings. The minimum absolute atomic E-state index is 0.0812. The predicted molar refractivity (Wildman–Crippen MR) is 303 cm³/mol. The van der Waals surface area contributed by atoms with Gasteiger partial charge in [0.05, 0.1) is 13.2 Å². The summed E-state index contributed by atoms with van der Waals surface area (Å²) in [5.41, 5.74) is 2.98. The molecule has 0 aliphatic carbocycles. The third-order valence-corrected chi connectivity index (χ3v) is 15.0. The minimum atomic E-state index is -0.201. The number of phenols is 1. The van der Waals surface area contributed by atoms with Crippen LogP contribution in [0.4, 0.5) is 0 Å². The molecule has 0 spiro atoms. The van der Waals surface area contributed by atoms with Crippen molar-refractivity contribution in [2.75, 3.05) is 13.2 Å². The van der Waals surface area contributed by atoms with Crippen molar-refractivity contribution in [3.05, 3.63) is 46.5 Å². The summed E-state index contributed by atoms with van der Waals surface area (Å²) in [4.78, 5) is 39.7. The van der Waals surface area contributed by atoms with Crippen molar-refractivity contribution in [2.45, 2.75) is 291 Å². The Labute approximate surface area is 453 Å². The fraction of sp³-hybridized carbons (Fsp3) is 0.770. The fourth-order valence-electron chi connectivity index (χ4n) is 11.5. The van der Waals surface area contributed by atoms with Crippen LogP contribution in [-0.4, -0.2) is 89.7 Å². The van der Waals surface area contributed by atoms with Crippen LogP contribution >= 0.6 is 11.6 Å². The number of aromatic nitrogens is 3. The first kappa shape index (κ1) is 63.2. The van der Waals surface area contributed by atoms with Crippen molar-refractivity contribution >= 4 is 34.6 Å². The zero-order chi connectivity index (χ0) is 54.7. The smallest absolute Gasteiger partial charge is 0.306 e. The predicted octanol–water partition coefficient (Wildman–Crippen LogP) is 16.2. The molecule has 0 atom stereocenters. The van der Waals surface area contributed by atoms with Crippen LogP contribution in [-0.2, 0) is 34.2 Å². The number of rotatable bonds is 28. The number of fused-ring (bicyclic) bond motifs is 1. The van der Waals surface area contributed by atoms with Crippen LogP contribution in [0.25, 0.3) is 16.7 Å². The van der Waals surface area contributed by atoms with E-state index in [-0.39, 0.29) is 57.5 Å². The maximum absolute atomic E-state index is 12.8. The Morgan fingerprint density at radius 1 is 0.595 bits per heavy atom. The summed E-state index contributed by atoms with van der Waals surface area (Å²) < 4.78 is 12.0. The van der Waals surface area contributed by atoms with E-state index in [0.29, 0.717) is 29.1 Å². The SMILES string of the molecule is CCCCCCCCON1C(C)(C)CC(OC(=O)CCCCCCCCC(=O)OC2CC(C)(C)N(OCCCCCCCC)C(C)(C)C2)CC1(C)C.Cc1cc(-n2nc3ccc(Cl)cc3n2)c(O)c(C(C)(C)C)c1. The average Bonchev–Trinajstić information content (AvgIpc) is 3.71. The normalized spacial score (nSPS) is 18.0. The highest BCUT2D eigenvalue weighted by Crippen LogP contribution is 2.42. The number of carbonyl (C=O) groups excluding carboxylic acids is 2. The third-order valence-electron chi connectivity index (χ3n) is 14.8. The van der Waals surface area contributed by atoms with Gasteiger partial charge in [0.15, 0.2) is 0 Å². The first-order valence-electron chi connectivity index (χ1n) is 28.9. The number of hydrogen-bond acceptors (Lipinski definition) is 11. The lowest BCUT2D eigenvalue weighted by Crippen LogP contribution is -2.62. The molecule has 0 bridgehead atoms. The fourth-order valence-corrected chi connectivity index (χ4v) is 11.7. The largest absolute Gasteiger partial charge is 0.505 e. The highest BCUT2D eigenvalue weighted by molar-refractivity contribution is 6.31. The lowest BCUT2D eigenvalue weighted by molar-refractivity contribution is -0.293. The Kier molecular flexibility index (Phi) is 25.2. The van der Waals surface area contributed by atoms with Gasteiger partial charge in [0.2, 0.25) is 0 Å². The number of aryl methyl sites for hydroxylation is 1. The lowest BCUT2D eigenvalue weighted by Gasteiger charge is -2.53. The second kappa shape index (κ2) is 29.5. The number of nitrogens with zero attached hydrogens (tertiary/aromatic N) is 5. The molecule has 2 aromatic carbocycles. The number of halogens is 1. The molecule has 3 aromatic rings. The van der Waals surface area contributed by atoms with E-state index < -0.39 is 0 Å². The van der Waals surface area contributed by atoms with Crippen LogP contribution in [0, 0.1) is 6.92 Å². The Balaban J connectivity index is 0.000000442. The van der Waals surface area contributed by atoms with E-state index >= 15 is 0 Å². The summed E-state index contributed by atoms with van der Waals surface area (Å²) in [6.07, 6.45) is 24.7. The van der Waals surface area contributed by atoms with Gasteiger partial charge in [-0.15, -0.1) is 15.0 Å². The van der Waals surface area contributed by atoms with Gasteiger partial charge in [-0.2, -0.15) is 10.1 Å². The van der Waals surface area contributed by atoms with Crippen molar-refractivity contribution in [2.24, 2.45) is 0 Å². The number of carbonyl (C=O) groups is 2. The standard InChI is InChI=1S/C44H84N2O6.C17H18ClN3O/c1-11-13-15-17-23-27-31-49-45-41(3,4)33-37(34-42(45,5)6)51-39(47)29-25-21-19-20-22-26-30-40(48)52-38-35-43(7,8)46(44(9,10)36-38)50-32-28-24-18-16-14-12-2;1-10-7-12(17(2,3)4)16(22)15(8-10)21-19-13-6-5-11(18)9-14(13)20-21/h37-38H,11-36H2,1-10H3;5-9,22H,1-4H3. The van der Waals surface area contributed by atoms with E-state index in [0.717, 1.165) is 107 Å². The number of unbranched alkanes of at least 4 members (excludes halogenated alkanes) is 15. The molecular weight excluding hydrogens is 950 g/mol. The van der Waals surface area contributed by atoms with Crippen LogP contribution in [0.3, 0.4) is 0 Å². The van der Waals surface area contributed by atoms with E-state index in [2.05, 4.69) is 110 Å². The molecular formula is C61H102ClN5O7. The van der Waals surface area contributed by atoms with Crippen LogP contribution in [0.2, 0.25) is 5.02 Å². The molecule has 1 N–H and O–H groups in total. The molecule has 5 rings (SSSR count). The summed E-state index contributed by atoms with van der Waals surface area (Å²) in [5.74, 6) is 0.0502. The molecule has 2 saturated heterocycles. The summed E-state index contributed by atoms with van der Waals surface area (Å²) in [6.45, 7) is 31.8. The highest BCUT2D eigenvalue weighted by Gasteiger charge is 2.49. The molecule has 2 fully saturated rings. The van der Waals surface area contributed by atoms with E-state index in [1.807, 2.05) is 25.1 Å². The van der Waals surface area contributed by atoms with Gasteiger partial charge in [-0.3, -0.25) is 19.3 Å². The van der Waals surface area contributed by atoms with Gasteiger partial charge in [-0.25, -0.2) is 0 Å². The van der Waals surface area contributed by atoms with Crippen LogP contribution in [0.5, 0.6) is 5.75 Å². The third kappa shape index (κ3) is 20.3. The van der Waals surface area contributed by atoms with Crippen LogP contribution in [0.1, 0.15) is 255 Å². The molecule has 0 amide bonds. The maximum atomic E-state index is 12.8. The number of benzene rings is 2. The number of phenolic OH excluding ortho intramolecular Hbond substituents is 1. The molecule has 2 aliphatic heterocycles. The van der Waals surface area contributed by atoms with Gasteiger partial charge in [0.1, 0.15) is 34.7 Å². The zero-order valence-electron chi connectivity index (χ0n) is 48.9. The lowest BCUT2D eigenvalue weighted by atomic mass is 9.80. The monoisotopic (exact) mass is 1050 g/mol. The molecule has 3 heterocycles. The maximum Gasteiger partial charge on any atom is 0.306 e. The van der Waals surface area contributed by atoms with Gasteiger partial charge >= 0.3 is 11.9 Å². The Hall–Kier alpha value is -3.29. The summed E-state index contributed by atoms with van der Waals surface area (Å²) >= 11 is 5.99.